The number of carbonyl (C=O) groups excluding carboxylic acids is 3. The van der Waals surface area contributed by atoms with Crippen molar-refractivity contribution in [3.8, 4) is 11.3 Å². The molecule has 1 saturated heterocycles. The van der Waals surface area contributed by atoms with Crippen molar-refractivity contribution in [2.75, 3.05) is 21.3 Å². The Morgan fingerprint density at radius 3 is 1.75 bits per heavy atom. The van der Waals surface area contributed by atoms with E-state index in [4.69, 9.17) is 18.8 Å². The van der Waals surface area contributed by atoms with Crippen LogP contribution in [0.5, 0.6) is 0 Å². The van der Waals surface area contributed by atoms with Crippen molar-refractivity contribution in [1.82, 2.24) is 4.98 Å². The lowest BCUT2D eigenvalue weighted by molar-refractivity contribution is -0.385. The third-order valence-electron chi connectivity index (χ3n) is 7.91. The topological polar surface area (TPSA) is 153 Å². The molecule has 0 bridgehead atoms. The predicted molar refractivity (Wildman–Crippen MR) is 212 cm³/mol. The molecule has 1 fully saturated rings. The van der Waals surface area contributed by atoms with Crippen LogP contribution in [0.2, 0.25) is 0 Å². The van der Waals surface area contributed by atoms with Crippen molar-refractivity contribution >= 4 is 90.6 Å². The van der Waals surface area contributed by atoms with Gasteiger partial charge in [0.25, 0.3) is 5.69 Å². The second kappa shape index (κ2) is 18.4. The van der Waals surface area contributed by atoms with Crippen LogP contribution in [0, 0.1) is 20.6 Å². The number of ether oxygens (including phenoxy) is 3. The first-order valence-electron chi connectivity index (χ1n) is 15.4. The van der Waals surface area contributed by atoms with E-state index in [1.165, 1.54) is 39.5 Å². The van der Waals surface area contributed by atoms with Gasteiger partial charge in [0.15, 0.2) is 0 Å². The van der Waals surface area contributed by atoms with Crippen LogP contribution >= 0.6 is 54.5 Å². The zero-order valence-corrected chi connectivity index (χ0v) is 34.9. The van der Waals surface area contributed by atoms with Crippen LogP contribution in [0.15, 0.2) is 81.9 Å². The molecule has 0 atom stereocenters. The Morgan fingerprint density at radius 1 is 0.769 bits per heavy atom. The number of non-ortho nitro benzene ring substituents is 1. The number of methoxy groups -OCH3 is 3. The zero-order chi connectivity index (χ0) is 39.0. The van der Waals surface area contributed by atoms with Crippen LogP contribution in [0.25, 0.3) is 11.3 Å². The Bertz CT molecular complexity index is 1940. The van der Waals surface area contributed by atoms with E-state index in [-0.39, 0.29) is 23.2 Å². The van der Waals surface area contributed by atoms with Gasteiger partial charge in [0, 0.05) is 36.4 Å². The number of hydrogen-bond acceptors (Lipinski definition) is 11. The van der Waals surface area contributed by atoms with E-state index in [9.17, 15) is 24.5 Å². The molecule has 2 heterocycles. The summed E-state index contributed by atoms with van der Waals surface area (Å²) in [6.07, 6.45) is 1.80. The fourth-order valence-electron chi connectivity index (χ4n) is 4.49. The SMILES string of the molecule is COC(=O)c1cc(Br)cc(-c2ccc(C)cn2)c1.COC(=O)c1cc(Br)cc(B2OC(C)(C)C(C)(C)O2)c1.COC(=O)c1cc(I)cc([N+](=O)[O-])c1. The highest BCUT2D eigenvalue weighted by atomic mass is 127. The maximum Gasteiger partial charge on any atom is 0.494 e. The second-order valence-corrected chi connectivity index (χ2v) is 15.3. The van der Waals surface area contributed by atoms with Crippen molar-refractivity contribution in [2.45, 2.75) is 45.8 Å². The molecule has 0 amide bonds. The minimum Gasteiger partial charge on any atom is -0.465 e. The van der Waals surface area contributed by atoms with E-state index in [1.807, 2.05) is 81.5 Å². The highest BCUT2D eigenvalue weighted by Crippen LogP contribution is 2.36. The van der Waals surface area contributed by atoms with Gasteiger partial charge in [-0.3, -0.25) is 15.1 Å². The molecule has 12 nitrogen and oxygen atoms in total. The molecule has 0 spiro atoms. The summed E-state index contributed by atoms with van der Waals surface area (Å²) in [5.41, 5.74) is 3.81. The number of esters is 3. The summed E-state index contributed by atoms with van der Waals surface area (Å²) in [6.45, 7) is 9.95. The van der Waals surface area contributed by atoms with Crippen molar-refractivity contribution in [3.05, 3.63) is 118 Å². The number of rotatable bonds is 6. The fraction of sp³-hybridized carbons (Fsp3) is 0.278. The molecule has 0 radical (unpaired) electrons. The van der Waals surface area contributed by atoms with Crippen LogP contribution in [-0.2, 0) is 23.5 Å². The van der Waals surface area contributed by atoms with Crippen LogP contribution in [0.3, 0.4) is 0 Å². The fourth-order valence-corrected chi connectivity index (χ4v) is 6.15. The second-order valence-electron chi connectivity index (χ2n) is 12.2. The largest absolute Gasteiger partial charge is 0.494 e. The van der Waals surface area contributed by atoms with Crippen molar-refractivity contribution in [1.29, 1.82) is 0 Å². The third-order valence-corrected chi connectivity index (χ3v) is 9.45. The molecular formula is C36H36BBr2IN2O10. The van der Waals surface area contributed by atoms with Gasteiger partial charge in [-0.2, -0.15) is 0 Å². The number of aromatic nitrogens is 1. The van der Waals surface area contributed by atoms with Crippen LogP contribution in [0.1, 0.15) is 64.3 Å². The zero-order valence-electron chi connectivity index (χ0n) is 29.6. The monoisotopic (exact) mass is 952 g/mol. The lowest BCUT2D eigenvalue weighted by Crippen LogP contribution is -2.41. The maximum absolute atomic E-state index is 11.7. The Morgan fingerprint density at radius 2 is 1.27 bits per heavy atom. The number of nitro benzene ring substituents is 1. The van der Waals surface area contributed by atoms with Gasteiger partial charge in [0.05, 0.1) is 59.8 Å². The molecule has 1 aliphatic heterocycles. The quantitative estimate of drug-likeness (QED) is 0.0460. The number of pyridine rings is 1. The molecule has 0 N–H and O–H groups in total. The Balaban J connectivity index is 0.000000214. The number of hydrogen-bond donors (Lipinski definition) is 0. The van der Waals surface area contributed by atoms with Crippen molar-refractivity contribution < 1.29 is 42.8 Å². The average molecular weight is 954 g/mol. The van der Waals surface area contributed by atoms with Gasteiger partial charge >= 0.3 is 25.0 Å². The number of carbonyl (C=O) groups is 3. The Labute approximate surface area is 332 Å². The summed E-state index contributed by atoms with van der Waals surface area (Å²) in [4.78, 5) is 48.6. The molecular weight excluding hydrogens is 918 g/mol. The van der Waals surface area contributed by atoms with E-state index in [2.05, 4.69) is 41.6 Å². The first kappa shape index (κ1) is 42.7. The van der Waals surface area contributed by atoms with Crippen molar-refractivity contribution in [3.63, 3.8) is 0 Å². The summed E-state index contributed by atoms with van der Waals surface area (Å²) in [5, 5.41) is 10.5. The average Bonchev–Trinajstić information content (AvgIpc) is 3.32. The van der Waals surface area contributed by atoms with Gasteiger partial charge < -0.3 is 23.5 Å². The summed E-state index contributed by atoms with van der Waals surface area (Å²) >= 11 is 8.68. The molecule has 16 heteroatoms. The van der Waals surface area contributed by atoms with Gasteiger partial charge in [0.2, 0.25) is 0 Å². The third kappa shape index (κ3) is 11.4. The molecule has 4 aromatic rings. The first-order chi connectivity index (χ1) is 24.3. The van der Waals surface area contributed by atoms with Crippen LogP contribution in [0.4, 0.5) is 5.69 Å². The number of nitrogens with zero attached hydrogens (tertiary/aromatic N) is 2. The number of benzene rings is 3. The van der Waals surface area contributed by atoms with Gasteiger partial charge in [-0.1, -0.05) is 37.9 Å². The van der Waals surface area contributed by atoms with E-state index in [1.54, 1.807) is 30.5 Å². The van der Waals surface area contributed by atoms with E-state index in [0.717, 1.165) is 31.2 Å². The minimum atomic E-state index is -0.577. The minimum absolute atomic E-state index is 0.114. The molecule has 0 saturated carbocycles. The predicted octanol–water partition coefficient (Wildman–Crippen LogP) is 8.13. The van der Waals surface area contributed by atoms with Gasteiger partial charge in [-0.25, -0.2) is 14.4 Å². The summed E-state index contributed by atoms with van der Waals surface area (Å²) in [5.74, 6) is -1.32. The lowest BCUT2D eigenvalue weighted by Gasteiger charge is -2.32. The molecule has 1 aliphatic rings. The molecule has 0 aliphatic carbocycles. The molecule has 5 rings (SSSR count). The normalized spacial score (nSPS) is 13.8. The maximum atomic E-state index is 11.7. The number of halogens is 3. The van der Waals surface area contributed by atoms with Crippen LogP contribution < -0.4 is 5.46 Å². The molecule has 274 valence electrons. The molecule has 0 unspecified atom stereocenters. The standard InChI is InChI=1S/C14H18BBrO4.C14H12BrNO2.C8H6INO4/c1-13(2)14(3,4)20-15(19-13)10-6-9(12(17)18-5)7-11(16)8-10;1-9-3-4-13(16-8-9)10-5-11(14(17)18-2)7-12(15)6-10;1-14-8(11)5-2-6(9)4-7(3-5)10(12)13/h6-8H,1-5H3;3-8H,1-2H3;2-4H,1H3. The van der Waals surface area contributed by atoms with Gasteiger partial charge in [-0.05, 0) is 117 Å². The Hall–Kier alpha value is -3.71. The Kier molecular flexibility index (Phi) is 15.1. The number of nitro groups is 1. The molecule has 52 heavy (non-hydrogen) atoms. The van der Waals surface area contributed by atoms with Crippen LogP contribution in [-0.4, -0.2) is 67.5 Å². The summed E-state index contributed by atoms with van der Waals surface area (Å²) < 4.78 is 28.1. The lowest BCUT2D eigenvalue weighted by atomic mass is 9.78. The van der Waals surface area contributed by atoms with Gasteiger partial charge in [-0.15, -0.1) is 0 Å². The highest BCUT2D eigenvalue weighted by molar-refractivity contribution is 14.1. The number of aryl methyl sites for hydroxylation is 1. The first-order valence-corrected chi connectivity index (χ1v) is 18.1. The van der Waals surface area contributed by atoms with Gasteiger partial charge in [0.1, 0.15) is 0 Å². The summed E-state index contributed by atoms with van der Waals surface area (Å²) in [6, 6.07) is 18.8. The highest BCUT2D eigenvalue weighted by Gasteiger charge is 2.51. The van der Waals surface area contributed by atoms with E-state index in [0.29, 0.717) is 14.7 Å². The van der Waals surface area contributed by atoms with Crippen molar-refractivity contribution in [2.24, 2.45) is 0 Å². The smallest absolute Gasteiger partial charge is 0.465 e. The molecule has 1 aromatic heterocycles. The molecule has 3 aromatic carbocycles. The van der Waals surface area contributed by atoms with E-state index >= 15 is 0 Å². The van der Waals surface area contributed by atoms with E-state index < -0.39 is 29.2 Å². The summed E-state index contributed by atoms with van der Waals surface area (Å²) in [7, 11) is 3.46.